The van der Waals surface area contributed by atoms with E-state index in [2.05, 4.69) is 34.7 Å². The first-order valence-corrected chi connectivity index (χ1v) is 7.30. The highest BCUT2D eigenvalue weighted by atomic mass is 79.9. The van der Waals surface area contributed by atoms with Crippen LogP contribution in [0.4, 0.5) is 5.69 Å². The van der Waals surface area contributed by atoms with Gasteiger partial charge in [0.15, 0.2) is 0 Å². The monoisotopic (exact) mass is 364 g/mol. The largest absolute Gasteiger partial charge is 0.462 e. The first-order valence-electron chi connectivity index (χ1n) is 6.50. The molecule has 20 heavy (non-hydrogen) atoms. The van der Waals surface area contributed by atoms with Crippen molar-refractivity contribution in [2.45, 2.75) is 27.3 Å². The highest BCUT2D eigenvalue weighted by Gasteiger charge is 2.14. The van der Waals surface area contributed by atoms with Crippen LogP contribution in [-0.4, -0.2) is 30.6 Å². The number of halogens is 2. The van der Waals surface area contributed by atoms with Gasteiger partial charge in [-0.25, -0.2) is 4.79 Å². The first kappa shape index (κ1) is 19.2. The van der Waals surface area contributed by atoms with E-state index >= 15 is 0 Å². The number of nitrogens with two attached hydrogens (primary N) is 1. The van der Waals surface area contributed by atoms with Crippen LogP contribution in [0.2, 0.25) is 0 Å². The molecule has 0 aliphatic rings. The molecular formula is C14H22BrClN2O2. The Morgan fingerprint density at radius 2 is 1.90 bits per heavy atom. The van der Waals surface area contributed by atoms with Crippen LogP contribution in [0.1, 0.15) is 36.7 Å². The van der Waals surface area contributed by atoms with Crippen molar-refractivity contribution in [3.05, 3.63) is 27.7 Å². The van der Waals surface area contributed by atoms with E-state index in [1.165, 1.54) is 0 Å². The fourth-order valence-electron chi connectivity index (χ4n) is 1.83. The minimum absolute atomic E-state index is 0. The molecule has 4 nitrogen and oxygen atoms in total. The predicted octanol–water partition coefficient (Wildman–Crippen LogP) is 3.47. The van der Waals surface area contributed by atoms with Crippen molar-refractivity contribution >= 4 is 40.0 Å². The predicted molar refractivity (Wildman–Crippen MR) is 88.4 cm³/mol. The van der Waals surface area contributed by atoms with Crippen molar-refractivity contribution in [3.8, 4) is 0 Å². The lowest BCUT2D eigenvalue weighted by Crippen LogP contribution is -2.23. The van der Waals surface area contributed by atoms with Crippen LogP contribution in [0.3, 0.4) is 0 Å². The molecule has 0 atom stereocenters. The summed E-state index contributed by atoms with van der Waals surface area (Å²) in [7, 11) is 0. The minimum Gasteiger partial charge on any atom is -0.462 e. The third-order valence-electron chi connectivity index (χ3n) is 3.01. The van der Waals surface area contributed by atoms with E-state index in [1.54, 1.807) is 13.0 Å². The Balaban J connectivity index is 0.00000361. The van der Waals surface area contributed by atoms with Gasteiger partial charge in [0, 0.05) is 11.0 Å². The Hall–Kier alpha value is -0.780. The van der Waals surface area contributed by atoms with Gasteiger partial charge in [0.2, 0.25) is 0 Å². The molecule has 114 valence electrons. The Kier molecular flexibility index (Phi) is 8.85. The van der Waals surface area contributed by atoms with E-state index in [9.17, 15) is 4.79 Å². The van der Waals surface area contributed by atoms with Gasteiger partial charge in [-0.15, -0.1) is 12.4 Å². The van der Waals surface area contributed by atoms with Crippen LogP contribution < -0.4 is 5.73 Å². The molecule has 6 heteroatoms. The zero-order valence-electron chi connectivity index (χ0n) is 12.1. The van der Waals surface area contributed by atoms with E-state index < -0.39 is 0 Å². The van der Waals surface area contributed by atoms with Gasteiger partial charge in [-0.05, 0) is 53.6 Å². The van der Waals surface area contributed by atoms with Crippen LogP contribution in [-0.2, 0) is 11.3 Å². The molecule has 0 saturated carbocycles. The molecule has 0 amide bonds. The van der Waals surface area contributed by atoms with E-state index in [1.807, 2.05) is 6.07 Å². The number of nitrogens with zero attached hydrogens (tertiary/aromatic N) is 1. The van der Waals surface area contributed by atoms with Crippen LogP contribution in [0.5, 0.6) is 0 Å². The summed E-state index contributed by atoms with van der Waals surface area (Å²) in [5.41, 5.74) is 8.22. The number of hydrogen-bond acceptors (Lipinski definition) is 4. The second-order valence-electron chi connectivity index (χ2n) is 4.21. The number of esters is 1. The molecule has 0 heterocycles. The molecule has 0 spiro atoms. The summed E-state index contributed by atoms with van der Waals surface area (Å²) in [6.45, 7) is 8.97. The maximum Gasteiger partial charge on any atom is 0.338 e. The molecule has 0 bridgehead atoms. The van der Waals surface area contributed by atoms with E-state index in [0.717, 1.165) is 29.7 Å². The molecule has 0 aliphatic heterocycles. The number of carbonyl (C=O) groups is 1. The first-order chi connectivity index (χ1) is 9.03. The van der Waals surface area contributed by atoms with Gasteiger partial charge in [0.25, 0.3) is 0 Å². The smallest absolute Gasteiger partial charge is 0.338 e. The maximum absolute atomic E-state index is 11.8. The fourth-order valence-corrected chi connectivity index (χ4v) is 2.33. The molecule has 2 N–H and O–H groups in total. The summed E-state index contributed by atoms with van der Waals surface area (Å²) in [6.07, 6.45) is 0. The van der Waals surface area contributed by atoms with Gasteiger partial charge in [-0.1, -0.05) is 13.8 Å². The molecule has 0 aromatic heterocycles. The van der Waals surface area contributed by atoms with Crippen LogP contribution >= 0.6 is 28.3 Å². The topological polar surface area (TPSA) is 55.6 Å². The third kappa shape index (κ3) is 4.96. The number of nitrogen functional groups attached to an aromatic ring is 1. The Labute approximate surface area is 135 Å². The average molecular weight is 366 g/mol. The van der Waals surface area contributed by atoms with Gasteiger partial charge >= 0.3 is 5.97 Å². The summed E-state index contributed by atoms with van der Waals surface area (Å²) in [4.78, 5) is 14.0. The average Bonchev–Trinajstić information content (AvgIpc) is 2.40. The molecule has 0 fully saturated rings. The molecule has 1 aromatic rings. The van der Waals surface area contributed by atoms with Gasteiger partial charge in [0.05, 0.1) is 17.9 Å². The Morgan fingerprint density at radius 1 is 1.30 bits per heavy atom. The lowest BCUT2D eigenvalue weighted by Gasteiger charge is -2.20. The molecule has 0 saturated heterocycles. The number of carbonyl (C=O) groups excluding carboxylic acids is 1. The number of rotatable bonds is 6. The maximum atomic E-state index is 11.8. The standard InChI is InChI=1S/C14H21BrN2O2.ClH/c1-4-17(5-2)9-11-7-10(14(18)19-6-3)8-12(15)13(11)16;/h7-8H,4-6,9,16H2,1-3H3;1H. The number of hydrogen-bond donors (Lipinski definition) is 1. The van der Waals surface area contributed by atoms with Crippen molar-refractivity contribution in [3.63, 3.8) is 0 Å². The highest BCUT2D eigenvalue weighted by Crippen LogP contribution is 2.27. The summed E-state index contributed by atoms with van der Waals surface area (Å²) >= 11 is 3.40. The highest BCUT2D eigenvalue weighted by molar-refractivity contribution is 9.10. The lowest BCUT2D eigenvalue weighted by molar-refractivity contribution is 0.0526. The number of benzene rings is 1. The lowest BCUT2D eigenvalue weighted by atomic mass is 10.1. The van der Waals surface area contributed by atoms with Crippen LogP contribution in [0, 0.1) is 0 Å². The number of anilines is 1. The van der Waals surface area contributed by atoms with Crippen molar-refractivity contribution in [2.75, 3.05) is 25.4 Å². The van der Waals surface area contributed by atoms with Crippen molar-refractivity contribution in [1.82, 2.24) is 4.90 Å². The van der Waals surface area contributed by atoms with Gasteiger partial charge in [-0.2, -0.15) is 0 Å². The molecule has 0 aliphatic carbocycles. The molecular weight excluding hydrogens is 344 g/mol. The van der Waals surface area contributed by atoms with Crippen molar-refractivity contribution < 1.29 is 9.53 Å². The SMILES string of the molecule is CCOC(=O)c1cc(Br)c(N)c(CN(CC)CC)c1.Cl. The Morgan fingerprint density at radius 3 is 2.40 bits per heavy atom. The zero-order chi connectivity index (χ0) is 14.4. The van der Waals surface area contributed by atoms with E-state index in [0.29, 0.717) is 17.9 Å². The number of ether oxygens (including phenoxy) is 1. The van der Waals surface area contributed by atoms with Gasteiger partial charge in [-0.3, -0.25) is 4.90 Å². The normalized spacial score (nSPS) is 10.2. The van der Waals surface area contributed by atoms with E-state index in [-0.39, 0.29) is 18.4 Å². The van der Waals surface area contributed by atoms with Crippen molar-refractivity contribution in [1.29, 1.82) is 0 Å². The second kappa shape index (κ2) is 9.21. The summed E-state index contributed by atoms with van der Waals surface area (Å²) in [5.74, 6) is -0.316. The van der Waals surface area contributed by atoms with E-state index in [4.69, 9.17) is 10.5 Å². The van der Waals surface area contributed by atoms with Crippen LogP contribution in [0.15, 0.2) is 16.6 Å². The summed E-state index contributed by atoms with van der Waals surface area (Å²) in [6, 6.07) is 3.52. The third-order valence-corrected chi connectivity index (χ3v) is 3.67. The van der Waals surface area contributed by atoms with Crippen molar-refractivity contribution in [2.24, 2.45) is 0 Å². The molecule has 1 rings (SSSR count). The second-order valence-corrected chi connectivity index (χ2v) is 5.07. The van der Waals surface area contributed by atoms with Crippen LogP contribution in [0.25, 0.3) is 0 Å². The van der Waals surface area contributed by atoms with Gasteiger partial charge in [0.1, 0.15) is 0 Å². The molecule has 1 aromatic carbocycles. The Bertz CT molecular complexity index is 451. The van der Waals surface area contributed by atoms with Gasteiger partial charge < -0.3 is 10.5 Å². The summed E-state index contributed by atoms with van der Waals surface area (Å²) < 4.78 is 5.76. The summed E-state index contributed by atoms with van der Waals surface area (Å²) in [5, 5.41) is 0. The minimum atomic E-state index is -0.316. The molecule has 0 radical (unpaired) electrons. The zero-order valence-corrected chi connectivity index (χ0v) is 14.5. The molecule has 0 unspecified atom stereocenters. The fraction of sp³-hybridized carbons (Fsp3) is 0.500. The quantitative estimate of drug-likeness (QED) is 0.619.